The molecule has 458 valence electrons. The van der Waals surface area contributed by atoms with Gasteiger partial charge in [0.25, 0.3) is 10.1 Å². The number of carbonyl (C=O) groups is 2. The molecule has 0 radical (unpaired) electrons. The number of aromatic nitrogens is 2. The SMILES string of the molecule is CC[C@H]1OC2(CO2)[C@H](C)[C@@H](O[C@H]2C[C@@](C)(OC)[C@@H](OS(=O)(=O)CCNCCNc3nc4c(cc3F)c(=O)c(C(=O)O)cn4CC)[C@H](C)O2)[C@H](C)C(O[C@@H]2O[C@H](C)C[C@H](N(C)C)C2O)[C@](C)(O)C[C@@H](C)/C(=N\O)[C@H](C)[C@H]2OC(=O)O[C@@]21C. The Balaban J connectivity index is 1.11. The Morgan fingerprint density at radius 3 is 2.32 bits per heavy atom. The molecule has 7 heterocycles. The lowest BCUT2D eigenvalue weighted by molar-refractivity contribution is -0.322. The molecule has 0 bridgehead atoms. The Bertz CT molecular complexity index is 2770. The van der Waals surface area contributed by atoms with E-state index >= 15 is 4.39 Å². The minimum Gasteiger partial charge on any atom is -0.477 e. The monoisotopic (exact) mass is 1170 g/mol. The van der Waals surface area contributed by atoms with Crippen LogP contribution in [0.3, 0.4) is 0 Å². The number of epoxide rings is 1. The maximum absolute atomic E-state index is 15.1. The number of halogens is 1. The zero-order valence-electron chi connectivity index (χ0n) is 48.9. The van der Waals surface area contributed by atoms with Crippen molar-refractivity contribution in [1.82, 2.24) is 19.8 Å². The number of nitrogens with zero attached hydrogens (tertiary/aromatic N) is 4. The zero-order chi connectivity index (χ0) is 59.9. The van der Waals surface area contributed by atoms with Gasteiger partial charge in [0, 0.05) is 75.6 Å². The number of aryl methyl sites for hydroxylation is 1. The molecule has 27 heteroatoms. The fourth-order valence-corrected chi connectivity index (χ4v) is 13.8. The smallest absolute Gasteiger partial charge is 0.477 e. The number of oxime groups is 1. The molecule has 19 atom stereocenters. The highest BCUT2D eigenvalue weighted by Crippen LogP contribution is 2.50. The van der Waals surface area contributed by atoms with Gasteiger partial charge in [-0.25, -0.2) is 19.0 Å². The minimum atomic E-state index is -4.28. The van der Waals surface area contributed by atoms with E-state index in [9.17, 15) is 43.3 Å². The van der Waals surface area contributed by atoms with Crippen LogP contribution in [0, 0.1) is 29.5 Å². The number of hydrogen-bond donors (Lipinski definition) is 6. The second kappa shape index (κ2) is 25.2. The number of anilines is 1. The Labute approximate surface area is 472 Å². The van der Waals surface area contributed by atoms with Gasteiger partial charge in [-0.05, 0) is 81.0 Å². The van der Waals surface area contributed by atoms with E-state index < -0.39 is 146 Å². The fourth-order valence-electron chi connectivity index (χ4n) is 12.6. The average Bonchev–Trinajstić information content (AvgIpc) is 4.26. The number of nitrogens with one attached hydrogen (secondary N) is 2. The Kier molecular flexibility index (Phi) is 20.0. The van der Waals surface area contributed by atoms with Crippen LogP contribution in [0.15, 0.2) is 22.2 Å². The molecular formula is C54H85FN6O19S. The lowest BCUT2D eigenvalue weighted by atomic mass is 9.73. The molecule has 25 nitrogen and oxygen atoms in total. The highest BCUT2D eigenvalue weighted by atomic mass is 32.2. The van der Waals surface area contributed by atoms with Crippen molar-refractivity contribution in [3.05, 3.63) is 33.9 Å². The number of likely N-dealkylation sites (N-methyl/N-ethyl adjacent to an activating group) is 1. The molecule has 5 saturated heterocycles. The molecule has 1 spiro atoms. The first kappa shape index (κ1) is 64.3. The molecule has 5 fully saturated rings. The summed E-state index contributed by atoms with van der Waals surface area (Å²) in [5.41, 5.74) is -5.64. The standard InChI is InChI=1S/C54H85FN6O19S/c1-15-37-53(11)44(77-50(66)79-53)29(5)39(59-68)27(3)23-51(9,67)43(76-49-41(63)36(60(12)13)21-28(4)73-49)30(6)42(31(7)54(78-37)26-72-54)75-38-24-52(10,71-14)45(32(8)74-38)80-81(69,70)20-19-56-17-18-57-46-35(55)22-33-40(62)34(48(64)65)25-61(16-2)47(33)58-46/h22,25,27-32,36-38,41-45,49,56,63,67-68H,15-21,23-24,26H2,1-14H3,(H,57,58)(H,64,65)/b59-39+/t27-,28-,29+,30+,31-,32+,36+,37-,38+,41?,42+,43?,44-,45+,49+,51-,52-,53-,54?/m1/s1. The van der Waals surface area contributed by atoms with Gasteiger partial charge in [0.05, 0.1) is 52.5 Å². The van der Waals surface area contributed by atoms with E-state index in [-0.39, 0.29) is 80.3 Å². The number of aliphatic hydroxyl groups is 2. The summed E-state index contributed by atoms with van der Waals surface area (Å²) in [5, 5.41) is 54.3. The summed E-state index contributed by atoms with van der Waals surface area (Å²) in [6.45, 7) is 19.8. The largest absolute Gasteiger partial charge is 0.509 e. The van der Waals surface area contributed by atoms with E-state index in [0.717, 1.165) is 12.3 Å². The van der Waals surface area contributed by atoms with Crippen molar-refractivity contribution in [2.75, 3.05) is 58.5 Å². The van der Waals surface area contributed by atoms with Crippen molar-refractivity contribution in [2.24, 2.45) is 28.8 Å². The summed E-state index contributed by atoms with van der Waals surface area (Å²) >= 11 is 0. The van der Waals surface area contributed by atoms with Crippen LogP contribution in [-0.4, -0.2) is 204 Å². The van der Waals surface area contributed by atoms with Crippen LogP contribution in [0.4, 0.5) is 15.0 Å². The van der Waals surface area contributed by atoms with Crippen LogP contribution in [0.1, 0.15) is 112 Å². The van der Waals surface area contributed by atoms with E-state index in [1.54, 1.807) is 48.5 Å². The number of methoxy groups -OCH3 is 1. The maximum atomic E-state index is 15.1. The summed E-state index contributed by atoms with van der Waals surface area (Å²) in [7, 11) is 0.839. The van der Waals surface area contributed by atoms with Crippen molar-refractivity contribution >= 4 is 44.8 Å². The molecule has 5 aliphatic rings. The molecule has 3 unspecified atom stereocenters. The number of rotatable bonds is 18. The Morgan fingerprint density at radius 1 is 1.02 bits per heavy atom. The predicted molar refractivity (Wildman–Crippen MR) is 290 cm³/mol. The average molecular weight is 1170 g/mol. The number of carbonyl (C=O) groups excluding carboxylic acids is 1. The topological polar surface area (TPSA) is 319 Å². The molecule has 0 saturated carbocycles. The van der Waals surface area contributed by atoms with Crippen LogP contribution in [-0.2, 0) is 63.5 Å². The van der Waals surface area contributed by atoms with Crippen molar-refractivity contribution in [3.63, 3.8) is 0 Å². The Morgan fingerprint density at radius 2 is 1.72 bits per heavy atom. The third kappa shape index (κ3) is 13.5. The van der Waals surface area contributed by atoms with Gasteiger partial charge in [-0.3, -0.25) is 8.98 Å². The van der Waals surface area contributed by atoms with Crippen LogP contribution in [0.5, 0.6) is 0 Å². The van der Waals surface area contributed by atoms with Gasteiger partial charge in [0.2, 0.25) is 5.43 Å². The molecule has 7 rings (SSSR count). The summed E-state index contributed by atoms with van der Waals surface area (Å²) < 4.78 is 108. The first-order valence-corrected chi connectivity index (χ1v) is 29.5. The number of carboxylic acids is 1. The van der Waals surface area contributed by atoms with Crippen molar-refractivity contribution in [2.45, 2.75) is 198 Å². The summed E-state index contributed by atoms with van der Waals surface area (Å²) in [6, 6.07) is 0.565. The van der Waals surface area contributed by atoms with E-state index in [0.29, 0.717) is 12.8 Å². The fraction of sp³-hybridized carbons (Fsp3) is 0.796. The maximum Gasteiger partial charge on any atom is 0.509 e. The summed E-state index contributed by atoms with van der Waals surface area (Å²) in [4.78, 5) is 43.6. The zero-order valence-corrected chi connectivity index (χ0v) is 49.7. The summed E-state index contributed by atoms with van der Waals surface area (Å²) in [6.07, 6.45) is -9.15. The first-order valence-electron chi connectivity index (χ1n) is 27.9. The number of aromatic carboxylic acids is 1. The van der Waals surface area contributed by atoms with Crippen LogP contribution >= 0.6 is 0 Å². The van der Waals surface area contributed by atoms with Gasteiger partial charge >= 0.3 is 12.1 Å². The number of ether oxygens (including phenoxy) is 9. The van der Waals surface area contributed by atoms with Crippen molar-refractivity contribution in [1.29, 1.82) is 0 Å². The van der Waals surface area contributed by atoms with E-state index in [1.807, 2.05) is 46.7 Å². The van der Waals surface area contributed by atoms with Gasteiger partial charge in [-0.15, -0.1) is 0 Å². The molecule has 81 heavy (non-hydrogen) atoms. The quantitative estimate of drug-likeness (QED) is 0.0306. The van der Waals surface area contributed by atoms with Crippen LogP contribution in [0.2, 0.25) is 0 Å². The minimum absolute atomic E-state index is 0.0681. The third-order valence-corrected chi connectivity index (χ3v) is 18.4. The van der Waals surface area contributed by atoms with E-state index in [1.165, 1.54) is 11.7 Å². The number of carboxylic acid groups (broad SMARTS) is 1. The Hall–Kier alpha value is -4.23. The summed E-state index contributed by atoms with van der Waals surface area (Å²) in [5.74, 6) is -7.32. The molecule has 2 aromatic heterocycles. The van der Waals surface area contributed by atoms with Gasteiger partial charge in [-0.2, -0.15) is 8.42 Å². The van der Waals surface area contributed by atoms with Gasteiger partial charge in [0.1, 0.15) is 36.1 Å². The second-order valence-electron chi connectivity index (χ2n) is 23.4. The van der Waals surface area contributed by atoms with Crippen molar-refractivity contribution < 1.29 is 89.7 Å². The molecule has 5 aliphatic heterocycles. The van der Waals surface area contributed by atoms with Gasteiger partial charge in [0.15, 0.2) is 41.7 Å². The highest BCUT2D eigenvalue weighted by molar-refractivity contribution is 7.86. The number of hydrogen-bond acceptors (Lipinski definition) is 23. The lowest BCUT2D eigenvalue weighted by Gasteiger charge is -2.50. The predicted octanol–water partition coefficient (Wildman–Crippen LogP) is 4.05. The van der Waals surface area contributed by atoms with Crippen LogP contribution in [0.25, 0.3) is 11.0 Å². The third-order valence-electron chi connectivity index (χ3n) is 17.2. The van der Waals surface area contributed by atoms with Crippen molar-refractivity contribution in [3.8, 4) is 0 Å². The molecule has 2 aromatic rings. The molecule has 0 aromatic carbocycles. The molecule has 0 aliphatic carbocycles. The second-order valence-corrected chi connectivity index (χ2v) is 25.2. The number of pyridine rings is 2. The first-order chi connectivity index (χ1) is 37.9. The van der Waals surface area contributed by atoms with E-state index in [4.69, 9.17) is 46.8 Å². The number of aliphatic hydroxyl groups excluding tert-OH is 1. The van der Waals surface area contributed by atoms with Gasteiger partial charge in [-0.1, -0.05) is 39.8 Å². The highest BCUT2D eigenvalue weighted by Gasteiger charge is 2.64. The van der Waals surface area contributed by atoms with Gasteiger partial charge < -0.3 is 83.3 Å². The number of fused-ring (bicyclic) bond motifs is 2. The van der Waals surface area contributed by atoms with E-state index in [2.05, 4.69) is 20.8 Å². The molecule has 0 amide bonds. The normalized spacial score (nSPS) is 39.3. The molecular weight excluding hydrogens is 1090 g/mol. The molecule has 6 N–H and O–H groups in total. The lowest BCUT2D eigenvalue weighted by Crippen LogP contribution is -2.62. The van der Waals surface area contributed by atoms with Crippen LogP contribution < -0.4 is 16.1 Å².